The summed E-state index contributed by atoms with van der Waals surface area (Å²) in [5, 5.41) is 11.1. The van der Waals surface area contributed by atoms with Gasteiger partial charge in [0.25, 0.3) is 0 Å². The SMILES string of the molecule is Cc1c(Cc2cncnc2N)csc1CCO. The largest absolute Gasteiger partial charge is 0.396 e. The number of thiophene rings is 1. The Labute approximate surface area is 104 Å². The Morgan fingerprint density at radius 1 is 1.41 bits per heavy atom. The second-order valence-electron chi connectivity index (χ2n) is 3.89. The van der Waals surface area contributed by atoms with Crippen LogP contribution in [-0.4, -0.2) is 21.7 Å². The van der Waals surface area contributed by atoms with Gasteiger partial charge in [0.05, 0.1) is 0 Å². The van der Waals surface area contributed by atoms with Crippen molar-refractivity contribution >= 4 is 17.2 Å². The highest BCUT2D eigenvalue weighted by atomic mass is 32.1. The van der Waals surface area contributed by atoms with Gasteiger partial charge in [-0.15, -0.1) is 11.3 Å². The fourth-order valence-corrected chi connectivity index (χ4v) is 2.79. The summed E-state index contributed by atoms with van der Waals surface area (Å²) in [6.07, 6.45) is 4.68. The zero-order chi connectivity index (χ0) is 12.3. The monoisotopic (exact) mass is 249 g/mol. The van der Waals surface area contributed by atoms with Crippen molar-refractivity contribution in [3.63, 3.8) is 0 Å². The highest BCUT2D eigenvalue weighted by Gasteiger charge is 2.09. The molecule has 0 saturated carbocycles. The molecule has 3 N–H and O–H groups in total. The Morgan fingerprint density at radius 3 is 2.94 bits per heavy atom. The number of aliphatic hydroxyl groups is 1. The van der Waals surface area contributed by atoms with Crippen LogP contribution >= 0.6 is 11.3 Å². The molecular formula is C12H15N3OS. The van der Waals surface area contributed by atoms with Crippen molar-refractivity contribution in [3.05, 3.63) is 39.5 Å². The van der Waals surface area contributed by atoms with Crippen LogP contribution in [0.1, 0.15) is 21.6 Å². The molecule has 0 aliphatic rings. The van der Waals surface area contributed by atoms with Crippen LogP contribution < -0.4 is 5.73 Å². The molecule has 0 aliphatic heterocycles. The van der Waals surface area contributed by atoms with E-state index in [2.05, 4.69) is 22.3 Å². The maximum Gasteiger partial charge on any atom is 0.130 e. The normalized spacial score (nSPS) is 10.7. The summed E-state index contributed by atoms with van der Waals surface area (Å²) < 4.78 is 0. The molecule has 0 unspecified atom stereocenters. The summed E-state index contributed by atoms with van der Waals surface area (Å²) in [4.78, 5) is 9.20. The minimum absolute atomic E-state index is 0.192. The van der Waals surface area contributed by atoms with E-state index in [0.717, 1.165) is 18.4 Å². The van der Waals surface area contributed by atoms with Crippen LogP contribution in [0.2, 0.25) is 0 Å². The van der Waals surface area contributed by atoms with E-state index in [9.17, 15) is 0 Å². The molecule has 0 aliphatic carbocycles. The van der Waals surface area contributed by atoms with E-state index in [1.807, 2.05) is 0 Å². The predicted octanol–water partition coefficient (Wildman–Crippen LogP) is 1.55. The topological polar surface area (TPSA) is 72.0 Å². The molecule has 90 valence electrons. The molecule has 2 aromatic heterocycles. The van der Waals surface area contributed by atoms with E-state index in [1.54, 1.807) is 17.5 Å². The molecule has 0 aromatic carbocycles. The summed E-state index contributed by atoms with van der Waals surface area (Å²) in [5.74, 6) is 0.536. The minimum atomic E-state index is 0.192. The molecule has 0 saturated heterocycles. The van der Waals surface area contributed by atoms with Crippen molar-refractivity contribution in [2.45, 2.75) is 19.8 Å². The van der Waals surface area contributed by atoms with Crippen molar-refractivity contribution < 1.29 is 5.11 Å². The van der Waals surface area contributed by atoms with Gasteiger partial charge in [0.1, 0.15) is 12.1 Å². The lowest BCUT2D eigenvalue weighted by Crippen LogP contribution is -2.00. The first-order valence-electron chi connectivity index (χ1n) is 5.43. The second kappa shape index (κ2) is 5.25. The maximum absolute atomic E-state index is 8.95. The lowest BCUT2D eigenvalue weighted by molar-refractivity contribution is 0.300. The van der Waals surface area contributed by atoms with Gasteiger partial charge in [-0.2, -0.15) is 0 Å². The fourth-order valence-electron chi connectivity index (χ4n) is 1.73. The number of rotatable bonds is 4. The molecule has 0 bridgehead atoms. The van der Waals surface area contributed by atoms with Crippen LogP contribution in [0.15, 0.2) is 17.9 Å². The molecule has 0 radical (unpaired) electrons. The molecule has 0 amide bonds. The molecule has 0 atom stereocenters. The first-order chi connectivity index (χ1) is 8.22. The number of anilines is 1. The molecule has 2 rings (SSSR count). The van der Waals surface area contributed by atoms with Gasteiger partial charge in [-0.05, 0) is 23.4 Å². The van der Waals surface area contributed by atoms with Gasteiger partial charge in [0.15, 0.2) is 0 Å². The smallest absolute Gasteiger partial charge is 0.130 e. The fraction of sp³-hybridized carbons (Fsp3) is 0.333. The number of nitrogens with two attached hydrogens (primary N) is 1. The van der Waals surface area contributed by atoms with Crippen molar-refractivity contribution in [2.75, 3.05) is 12.3 Å². The Balaban J connectivity index is 2.22. The van der Waals surface area contributed by atoms with E-state index in [0.29, 0.717) is 5.82 Å². The third-order valence-electron chi connectivity index (χ3n) is 2.79. The standard InChI is InChI=1S/C12H15N3OS/c1-8-10(6-17-11(8)2-3-16)4-9-5-14-7-15-12(9)13/h5-7,16H,2-4H2,1H3,(H2,13,14,15). The first-order valence-corrected chi connectivity index (χ1v) is 6.31. The summed E-state index contributed by atoms with van der Waals surface area (Å²) >= 11 is 1.68. The Morgan fingerprint density at radius 2 is 2.24 bits per heavy atom. The van der Waals surface area contributed by atoms with E-state index in [4.69, 9.17) is 10.8 Å². The van der Waals surface area contributed by atoms with Crippen LogP contribution in [0.3, 0.4) is 0 Å². The van der Waals surface area contributed by atoms with Gasteiger partial charge in [-0.3, -0.25) is 0 Å². The number of nitrogen functional groups attached to an aromatic ring is 1. The molecule has 0 fully saturated rings. The van der Waals surface area contributed by atoms with E-state index in [-0.39, 0.29) is 6.61 Å². The van der Waals surface area contributed by atoms with E-state index in [1.165, 1.54) is 22.3 Å². The Kier molecular flexibility index (Phi) is 3.71. The summed E-state index contributed by atoms with van der Waals surface area (Å²) in [5.41, 5.74) is 9.22. The van der Waals surface area contributed by atoms with Crippen molar-refractivity contribution in [1.82, 2.24) is 9.97 Å². The predicted molar refractivity (Wildman–Crippen MR) is 69.1 cm³/mol. The number of aromatic nitrogens is 2. The molecule has 17 heavy (non-hydrogen) atoms. The average molecular weight is 249 g/mol. The number of hydrogen-bond donors (Lipinski definition) is 2. The summed E-state index contributed by atoms with van der Waals surface area (Å²) in [6, 6.07) is 0. The zero-order valence-corrected chi connectivity index (χ0v) is 10.5. The first kappa shape index (κ1) is 12.0. The van der Waals surface area contributed by atoms with Gasteiger partial charge in [-0.25, -0.2) is 9.97 Å². The van der Waals surface area contributed by atoms with Gasteiger partial charge in [0, 0.05) is 36.1 Å². The second-order valence-corrected chi connectivity index (χ2v) is 4.86. The minimum Gasteiger partial charge on any atom is -0.396 e. The quantitative estimate of drug-likeness (QED) is 0.862. The van der Waals surface area contributed by atoms with Gasteiger partial charge in [-0.1, -0.05) is 0 Å². The van der Waals surface area contributed by atoms with Crippen LogP contribution in [0.25, 0.3) is 0 Å². The molecule has 2 aromatic rings. The Bertz CT molecular complexity index is 510. The lowest BCUT2D eigenvalue weighted by Gasteiger charge is -2.04. The van der Waals surface area contributed by atoms with Crippen LogP contribution in [-0.2, 0) is 12.8 Å². The molecule has 0 spiro atoms. The van der Waals surface area contributed by atoms with Crippen molar-refractivity contribution in [1.29, 1.82) is 0 Å². The third kappa shape index (κ3) is 2.62. The molecule has 5 heteroatoms. The third-order valence-corrected chi connectivity index (χ3v) is 3.98. The Hall–Kier alpha value is -1.46. The van der Waals surface area contributed by atoms with E-state index >= 15 is 0 Å². The highest BCUT2D eigenvalue weighted by Crippen LogP contribution is 2.25. The summed E-state index contributed by atoms with van der Waals surface area (Å²) in [6.45, 7) is 2.27. The van der Waals surface area contributed by atoms with Gasteiger partial charge >= 0.3 is 0 Å². The number of hydrogen-bond acceptors (Lipinski definition) is 5. The average Bonchev–Trinajstić information content (AvgIpc) is 2.65. The number of aliphatic hydroxyl groups excluding tert-OH is 1. The van der Waals surface area contributed by atoms with Gasteiger partial charge < -0.3 is 10.8 Å². The van der Waals surface area contributed by atoms with Gasteiger partial charge in [0.2, 0.25) is 0 Å². The van der Waals surface area contributed by atoms with Crippen molar-refractivity contribution in [3.8, 4) is 0 Å². The molecule has 4 nitrogen and oxygen atoms in total. The van der Waals surface area contributed by atoms with Crippen LogP contribution in [0, 0.1) is 6.92 Å². The molecule has 2 heterocycles. The highest BCUT2D eigenvalue weighted by molar-refractivity contribution is 7.10. The number of nitrogens with zero attached hydrogens (tertiary/aromatic N) is 2. The van der Waals surface area contributed by atoms with Crippen molar-refractivity contribution in [2.24, 2.45) is 0 Å². The zero-order valence-electron chi connectivity index (χ0n) is 9.68. The lowest BCUT2D eigenvalue weighted by atomic mass is 10.0. The maximum atomic E-state index is 8.95. The molecular weight excluding hydrogens is 234 g/mol. The van der Waals surface area contributed by atoms with E-state index < -0.39 is 0 Å². The van der Waals surface area contributed by atoms with Crippen LogP contribution in [0.4, 0.5) is 5.82 Å². The summed E-state index contributed by atoms with van der Waals surface area (Å²) in [7, 11) is 0. The van der Waals surface area contributed by atoms with Crippen LogP contribution in [0.5, 0.6) is 0 Å².